The lowest BCUT2D eigenvalue weighted by molar-refractivity contribution is -0.146. The quantitative estimate of drug-likeness (QED) is 0.118. The van der Waals surface area contributed by atoms with E-state index in [1.165, 1.54) is 13.0 Å². The summed E-state index contributed by atoms with van der Waals surface area (Å²) >= 11 is 0. The van der Waals surface area contributed by atoms with Crippen LogP contribution < -0.4 is 10.6 Å². The molecule has 44 heavy (non-hydrogen) atoms. The fourth-order valence-electron chi connectivity index (χ4n) is 6.47. The van der Waals surface area contributed by atoms with Crippen molar-refractivity contribution in [3.63, 3.8) is 0 Å². The van der Waals surface area contributed by atoms with Crippen LogP contribution in [0.15, 0.2) is 36.0 Å². The molecule has 11 heteroatoms. The smallest absolute Gasteiger partial charge is 0.303 e. The van der Waals surface area contributed by atoms with Gasteiger partial charge in [0.25, 0.3) is 0 Å². The van der Waals surface area contributed by atoms with Gasteiger partial charge < -0.3 is 39.8 Å². The number of aliphatic hydroxyl groups is 2. The number of hydrogen-bond donors (Lipinski definition) is 4. The molecule has 4 fully saturated rings. The zero-order valence-corrected chi connectivity index (χ0v) is 26.7. The number of epoxide rings is 1. The van der Waals surface area contributed by atoms with Crippen LogP contribution in [0.1, 0.15) is 80.1 Å². The molecule has 2 amide bonds. The summed E-state index contributed by atoms with van der Waals surface area (Å²) in [6.45, 7) is 11.0. The molecule has 0 radical (unpaired) electrons. The second-order valence-corrected chi connectivity index (χ2v) is 13.1. The monoisotopic (exact) mass is 618 g/mol. The summed E-state index contributed by atoms with van der Waals surface area (Å²) in [4.78, 5) is 36.0. The maximum atomic E-state index is 12.6. The number of allylic oxidation sites excluding steroid dienone is 2. The average Bonchev–Trinajstić information content (AvgIpc) is 3.57. The van der Waals surface area contributed by atoms with Crippen molar-refractivity contribution in [1.82, 2.24) is 10.6 Å². The van der Waals surface area contributed by atoms with Gasteiger partial charge in [-0.2, -0.15) is 0 Å². The topological polar surface area (TPSA) is 156 Å². The highest BCUT2D eigenvalue weighted by atomic mass is 16.6. The van der Waals surface area contributed by atoms with Gasteiger partial charge in [-0.15, -0.1) is 0 Å². The van der Waals surface area contributed by atoms with Crippen LogP contribution in [0.5, 0.6) is 0 Å². The summed E-state index contributed by atoms with van der Waals surface area (Å²) in [5, 5.41) is 26.5. The summed E-state index contributed by atoms with van der Waals surface area (Å²) in [6.07, 6.45) is 9.11. The van der Waals surface area contributed by atoms with Crippen LogP contribution in [0.25, 0.3) is 0 Å². The molecule has 1 spiro atoms. The summed E-state index contributed by atoms with van der Waals surface area (Å²) in [5.41, 5.74) is 0.292. The summed E-state index contributed by atoms with van der Waals surface area (Å²) in [7, 11) is 0. The van der Waals surface area contributed by atoms with E-state index < -0.39 is 29.9 Å². The minimum atomic E-state index is -0.836. The second kappa shape index (κ2) is 14.7. The third-order valence-electron chi connectivity index (χ3n) is 9.26. The molecule has 4 rings (SSSR count). The lowest BCUT2D eigenvalue weighted by Gasteiger charge is -2.39. The first-order chi connectivity index (χ1) is 20.7. The SMILES string of the molecule is CC(=O)O[C@@H](C)/C=C\C(=O)N[C@@H]1C[C@H](C)[C@H](C/C=C(C)/C=C/[C@H]2O[C@H](CC(=O)N[C@H]3C[C@H](O)C3)C[C@]3(O[C@@H]3C)[C@@H]2O)O[C@@H]1C. The fraction of sp³-hybridized carbons (Fsp3) is 0.727. The lowest BCUT2D eigenvalue weighted by Crippen LogP contribution is -2.53. The van der Waals surface area contributed by atoms with E-state index in [0.717, 1.165) is 12.0 Å². The van der Waals surface area contributed by atoms with Gasteiger partial charge in [-0.25, -0.2) is 0 Å². The highest BCUT2D eigenvalue weighted by Gasteiger charge is 2.64. The number of rotatable bonds is 11. The molecule has 0 unspecified atom stereocenters. The molecule has 0 aromatic carbocycles. The normalized spacial score (nSPS) is 39.6. The molecule has 4 N–H and O–H groups in total. The predicted octanol–water partition coefficient (Wildman–Crippen LogP) is 2.39. The van der Waals surface area contributed by atoms with Gasteiger partial charge in [-0.1, -0.05) is 30.7 Å². The molecule has 4 aliphatic rings. The van der Waals surface area contributed by atoms with Crippen LogP contribution in [-0.2, 0) is 33.3 Å². The number of carbonyl (C=O) groups excluding carboxylic acids is 3. The zero-order chi connectivity index (χ0) is 32.2. The first-order valence-electron chi connectivity index (χ1n) is 15.9. The summed E-state index contributed by atoms with van der Waals surface area (Å²) < 4.78 is 23.3. The molecule has 1 aliphatic carbocycles. The molecule has 3 saturated heterocycles. The number of carbonyl (C=O) groups is 3. The standard InChI is InChI=1S/C33H50N2O9/c1-18(7-10-28-19(2)13-27(21(4)42-28)35-30(38)12-9-20(3)41-23(6)36)8-11-29-32(40)33(22(5)44-33)17-26(43-29)16-31(39)34-24-14-25(37)15-24/h7-9,11-12,19-22,24-29,32,37,40H,10,13-17H2,1-6H3,(H,34,39)(H,35,38)/b11-8+,12-9-,18-7+/t19-,20-,21+,22+,24-,25-,26+,27+,28-,29+,32+,33+/m0/s1. The molecule has 11 nitrogen and oxygen atoms in total. The van der Waals surface area contributed by atoms with Gasteiger partial charge in [0.1, 0.15) is 23.9 Å². The van der Waals surface area contributed by atoms with Gasteiger partial charge in [0.15, 0.2) is 0 Å². The molecule has 0 bridgehead atoms. The van der Waals surface area contributed by atoms with Gasteiger partial charge in [-0.3, -0.25) is 14.4 Å². The number of aliphatic hydroxyl groups excluding tert-OH is 2. The van der Waals surface area contributed by atoms with Crippen LogP contribution in [0, 0.1) is 5.92 Å². The third kappa shape index (κ3) is 9.00. The van der Waals surface area contributed by atoms with Gasteiger partial charge >= 0.3 is 5.97 Å². The predicted molar refractivity (Wildman–Crippen MR) is 162 cm³/mol. The Morgan fingerprint density at radius 1 is 1.05 bits per heavy atom. The highest BCUT2D eigenvalue weighted by molar-refractivity contribution is 5.87. The average molecular weight is 619 g/mol. The molecular weight excluding hydrogens is 568 g/mol. The van der Waals surface area contributed by atoms with Gasteiger partial charge in [0.05, 0.1) is 43.0 Å². The van der Waals surface area contributed by atoms with E-state index in [2.05, 4.69) is 23.6 Å². The Hall–Kier alpha value is -2.57. The number of esters is 1. The Balaban J connectivity index is 1.27. The van der Waals surface area contributed by atoms with E-state index in [9.17, 15) is 24.6 Å². The van der Waals surface area contributed by atoms with E-state index in [-0.39, 0.29) is 66.8 Å². The molecule has 3 aliphatic heterocycles. The maximum Gasteiger partial charge on any atom is 0.303 e. The van der Waals surface area contributed by atoms with Crippen molar-refractivity contribution in [1.29, 1.82) is 0 Å². The van der Waals surface area contributed by atoms with E-state index >= 15 is 0 Å². The maximum absolute atomic E-state index is 12.6. The Bertz CT molecular complexity index is 1130. The van der Waals surface area contributed by atoms with Crippen molar-refractivity contribution in [2.45, 2.75) is 147 Å². The first kappa shape index (κ1) is 34.3. The minimum absolute atomic E-state index is 0.00896. The summed E-state index contributed by atoms with van der Waals surface area (Å²) in [5.74, 6) is -0.560. The van der Waals surface area contributed by atoms with Crippen molar-refractivity contribution in [3.05, 3.63) is 36.0 Å². The molecule has 1 saturated carbocycles. The van der Waals surface area contributed by atoms with Crippen LogP contribution >= 0.6 is 0 Å². The molecule has 10 atom stereocenters. The highest BCUT2D eigenvalue weighted by Crippen LogP contribution is 2.49. The molecule has 0 aromatic rings. The van der Waals surface area contributed by atoms with Crippen molar-refractivity contribution < 1.29 is 43.5 Å². The largest absolute Gasteiger partial charge is 0.459 e. The number of nitrogens with one attached hydrogen (secondary N) is 2. The van der Waals surface area contributed by atoms with Crippen LogP contribution in [0.3, 0.4) is 0 Å². The van der Waals surface area contributed by atoms with Gasteiger partial charge in [0.2, 0.25) is 11.8 Å². The van der Waals surface area contributed by atoms with E-state index in [1.807, 2.05) is 32.9 Å². The van der Waals surface area contributed by atoms with Crippen molar-refractivity contribution in [3.8, 4) is 0 Å². The van der Waals surface area contributed by atoms with Crippen molar-refractivity contribution >= 4 is 17.8 Å². The number of hydrogen-bond acceptors (Lipinski definition) is 9. The van der Waals surface area contributed by atoms with Gasteiger partial charge in [-0.05, 0) is 65.4 Å². The Morgan fingerprint density at radius 3 is 2.39 bits per heavy atom. The molecular formula is C33H50N2O9. The van der Waals surface area contributed by atoms with Gasteiger partial charge in [0, 0.05) is 25.5 Å². The second-order valence-electron chi connectivity index (χ2n) is 13.1. The van der Waals surface area contributed by atoms with E-state index in [0.29, 0.717) is 25.7 Å². The third-order valence-corrected chi connectivity index (χ3v) is 9.26. The van der Waals surface area contributed by atoms with Crippen molar-refractivity contribution in [2.24, 2.45) is 5.92 Å². The summed E-state index contributed by atoms with van der Waals surface area (Å²) in [6, 6.07) is -0.123. The first-order valence-corrected chi connectivity index (χ1v) is 15.9. The Labute approximate surface area is 260 Å². The van der Waals surface area contributed by atoms with E-state index in [1.54, 1.807) is 13.0 Å². The van der Waals surface area contributed by atoms with Crippen molar-refractivity contribution in [2.75, 3.05) is 0 Å². The zero-order valence-electron chi connectivity index (χ0n) is 26.7. The van der Waals surface area contributed by atoms with E-state index in [4.69, 9.17) is 18.9 Å². The van der Waals surface area contributed by atoms with Crippen LogP contribution in [0.4, 0.5) is 0 Å². The van der Waals surface area contributed by atoms with Crippen LogP contribution in [-0.4, -0.2) is 94.5 Å². The van der Waals surface area contributed by atoms with Crippen LogP contribution in [0.2, 0.25) is 0 Å². The number of amides is 2. The lowest BCUT2D eigenvalue weighted by atomic mass is 9.84. The molecule has 0 aromatic heterocycles. The minimum Gasteiger partial charge on any atom is -0.459 e. The molecule has 246 valence electrons. The Morgan fingerprint density at radius 2 is 1.75 bits per heavy atom. The molecule has 3 heterocycles. The number of ether oxygens (including phenoxy) is 4. The Kier molecular flexibility index (Phi) is 11.4. The fourth-order valence-corrected chi connectivity index (χ4v) is 6.47.